The fourth-order valence-electron chi connectivity index (χ4n) is 5.20. The Morgan fingerprint density at radius 3 is 2.23 bits per heavy atom. The van der Waals surface area contributed by atoms with Crippen LogP contribution in [0, 0.1) is 0 Å². The number of carbonyl (C=O) groups excluding carboxylic acids is 2. The normalized spacial score (nSPS) is 14.7. The van der Waals surface area contributed by atoms with Gasteiger partial charge >= 0.3 is 6.18 Å². The van der Waals surface area contributed by atoms with Crippen molar-refractivity contribution >= 4 is 39.1 Å². The van der Waals surface area contributed by atoms with Crippen LogP contribution in [-0.4, -0.2) is 50.0 Å². The van der Waals surface area contributed by atoms with Gasteiger partial charge < -0.3 is 10.2 Å². The number of amides is 2. The Balaban J connectivity index is 1.74. The number of alkyl halides is 3. The Morgan fingerprint density at radius 2 is 1.60 bits per heavy atom. The second-order valence-electron chi connectivity index (χ2n) is 10.7. The van der Waals surface area contributed by atoms with Gasteiger partial charge in [-0.2, -0.15) is 13.2 Å². The number of sulfonamides is 1. The summed E-state index contributed by atoms with van der Waals surface area (Å²) < 4.78 is 66.7. The van der Waals surface area contributed by atoms with Crippen LogP contribution in [0.1, 0.15) is 42.4 Å². The first-order chi connectivity index (χ1) is 20.3. The molecule has 1 N–H and O–H groups in total. The molecular weight excluding hydrogens is 603 g/mol. The lowest BCUT2D eigenvalue weighted by Gasteiger charge is -2.34. The highest BCUT2D eigenvalue weighted by molar-refractivity contribution is 7.92. The molecule has 0 aromatic heterocycles. The number of anilines is 1. The van der Waals surface area contributed by atoms with Gasteiger partial charge in [0.1, 0.15) is 12.6 Å². The minimum absolute atomic E-state index is 0.0495. The third-order valence-electron chi connectivity index (χ3n) is 7.36. The molecule has 3 aromatic rings. The molecule has 0 unspecified atom stereocenters. The zero-order valence-electron chi connectivity index (χ0n) is 23.6. The summed E-state index contributed by atoms with van der Waals surface area (Å²) in [6.07, 6.45) is -0.211. The van der Waals surface area contributed by atoms with Crippen molar-refractivity contribution in [3.8, 4) is 0 Å². The van der Waals surface area contributed by atoms with Crippen molar-refractivity contribution < 1.29 is 31.2 Å². The second-order valence-corrected chi connectivity index (χ2v) is 13.0. The van der Waals surface area contributed by atoms with E-state index in [1.54, 1.807) is 24.3 Å². The summed E-state index contributed by atoms with van der Waals surface area (Å²) >= 11 is 6.21. The van der Waals surface area contributed by atoms with Crippen molar-refractivity contribution in [2.45, 2.75) is 56.9 Å². The summed E-state index contributed by atoms with van der Waals surface area (Å²) in [5, 5.41) is 3.46. The zero-order chi connectivity index (χ0) is 31.2. The predicted octanol–water partition coefficient (Wildman–Crippen LogP) is 5.82. The minimum Gasteiger partial charge on any atom is -0.352 e. The molecule has 1 saturated carbocycles. The van der Waals surface area contributed by atoms with Gasteiger partial charge in [0, 0.05) is 24.0 Å². The highest BCUT2D eigenvalue weighted by atomic mass is 35.5. The van der Waals surface area contributed by atoms with Gasteiger partial charge in [0.2, 0.25) is 21.8 Å². The molecular formula is C31H33ClF3N3O4S. The number of carbonyl (C=O) groups is 2. The summed E-state index contributed by atoms with van der Waals surface area (Å²) in [5.74, 6) is -1.15. The summed E-state index contributed by atoms with van der Waals surface area (Å²) in [4.78, 5) is 29.2. The van der Waals surface area contributed by atoms with Gasteiger partial charge in [-0.05, 0) is 54.3 Å². The van der Waals surface area contributed by atoms with Crippen LogP contribution in [0.5, 0.6) is 0 Å². The largest absolute Gasteiger partial charge is 0.416 e. The van der Waals surface area contributed by atoms with Gasteiger partial charge in [-0.1, -0.05) is 73.0 Å². The van der Waals surface area contributed by atoms with Crippen LogP contribution in [0.15, 0.2) is 78.9 Å². The van der Waals surface area contributed by atoms with Crippen molar-refractivity contribution in [2.24, 2.45) is 0 Å². The number of nitrogens with one attached hydrogen (secondary N) is 1. The quantitative estimate of drug-likeness (QED) is 0.288. The number of halogens is 4. The molecule has 7 nitrogen and oxygen atoms in total. The number of rotatable bonds is 11. The molecule has 2 amide bonds. The van der Waals surface area contributed by atoms with Gasteiger partial charge in [-0.25, -0.2) is 8.42 Å². The fraction of sp³-hybridized carbons (Fsp3) is 0.355. The fourth-order valence-corrected chi connectivity index (χ4v) is 6.26. The molecule has 0 radical (unpaired) electrons. The number of nitrogens with zero attached hydrogens (tertiary/aromatic N) is 2. The molecule has 0 bridgehead atoms. The highest BCUT2D eigenvalue weighted by Gasteiger charge is 2.35. The highest BCUT2D eigenvalue weighted by Crippen LogP contribution is 2.32. The Morgan fingerprint density at radius 1 is 0.953 bits per heavy atom. The Bertz CT molecular complexity index is 1530. The van der Waals surface area contributed by atoms with Crippen molar-refractivity contribution in [2.75, 3.05) is 17.1 Å². The Labute approximate surface area is 254 Å². The van der Waals surface area contributed by atoms with Crippen LogP contribution in [0.2, 0.25) is 5.02 Å². The Kier molecular flexibility index (Phi) is 10.4. The molecule has 43 heavy (non-hydrogen) atoms. The van der Waals surface area contributed by atoms with Crippen LogP contribution in [0.25, 0.3) is 0 Å². The van der Waals surface area contributed by atoms with Gasteiger partial charge in [-0.15, -0.1) is 0 Å². The molecule has 1 aliphatic rings. The molecule has 1 fully saturated rings. The third kappa shape index (κ3) is 8.96. The lowest BCUT2D eigenvalue weighted by atomic mass is 10.0. The van der Waals surface area contributed by atoms with Crippen LogP contribution in [-0.2, 0) is 38.8 Å². The van der Waals surface area contributed by atoms with Crippen LogP contribution in [0.4, 0.5) is 18.9 Å². The van der Waals surface area contributed by atoms with E-state index in [-0.39, 0.29) is 24.7 Å². The van der Waals surface area contributed by atoms with Crippen molar-refractivity contribution in [1.29, 1.82) is 0 Å². The van der Waals surface area contributed by atoms with Gasteiger partial charge in [-0.3, -0.25) is 13.9 Å². The van der Waals surface area contributed by atoms with E-state index in [4.69, 9.17) is 11.6 Å². The topological polar surface area (TPSA) is 86.8 Å². The molecule has 230 valence electrons. The van der Waals surface area contributed by atoms with E-state index in [0.717, 1.165) is 49.6 Å². The molecule has 0 spiro atoms. The second kappa shape index (κ2) is 13.8. The molecule has 1 aliphatic carbocycles. The minimum atomic E-state index is -4.72. The van der Waals surface area contributed by atoms with E-state index in [2.05, 4.69) is 5.32 Å². The van der Waals surface area contributed by atoms with Gasteiger partial charge in [0.05, 0.1) is 17.5 Å². The summed E-state index contributed by atoms with van der Waals surface area (Å²) in [5.41, 5.74) is -0.00320. The molecule has 0 heterocycles. The maximum Gasteiger partial charge on any atom is 0.416 e. The van der Waals surface area contributed by atoms with Crippen LogP contribution < -0.4 is 9.62 Å². The maximum atomic E-state index is 14.1. The van der Waals surface area contributed by atoms with Crippen molar-refractivity contribution in [3.05, 3.63) is 101 Å². The lowest BCUT2D eigenvalue weighted by Crippen LogP contribution is -2.54. The van der Waals surface area contributed by atoms with E-state index in [1.165, 1.54) is 11.0 Å². The van der Waals surface area contributed by atoms with Crippen LogP contribution >= 0.6 is 11.6 Å². The molecule has 1 atom stereocenters. The summed E-state index contributed by atoms with van der Waals surface area (Å²) in [6, 6.07) is 18.5. The summed E-state index contributed by atoms with van der Waals surface area (Å²) in [7, 11) is -4.22. The van der Waals surface area contributed by atoms with Gasteiger partial charge in [0.25, 0.3) is 0 Å². The average molecular weight is 636 g/mol. The molecule has 3 aromatic carbocycles. The van der Waals surface area contributed by atoms with E-state index in [1.807, 2.05) is 30.3 Å². The molecule has 0 saturated heterocycles. The average Bonchev–Trinajstić information content (AvgIpc) is 3.46. The summed E-state index contributed by atoms with van der Waals surface area (Å²) in [6.45, 7) is -0.905. The molecule has 12 heteroatoms. The number of benzene rings is 3. The first kappa shape index (κ1) is 32.3. The first-order valence-electron chi connectivity index (χ1n) is 13.8. The molecule has 0 aliphatic heterocycles. The van der Waals surface area contributed by atoms with E-state index in [0.29, 0.717) is 21.0 Å². The zero-order valence-corrected chi connectivity index (χ0v) is 25.1. The van der Waals surface area contributed by atoms with E-state index in [9.17, 15) is 31.2 Å². The predicted molar refractivity (Wildman–Crippen MR) is 160 cm³/mol. The lowest BCUT2D eigenvalue weighted by molar-refractivity contribution is -0.140. The SMILES string of the molecule is CS(=O)(=O)N(CC(=O)N(Cc1cccc(Cl)c1)[C@H](Cc1ccccc1)C(=O)NC1CCCC1)c1cccc(C(F)(F)F)c1. The third-order valence-corrected chi connectivity index (χ3v) is 8.73. The van der Waals surface area contributed by atoms with Gasteiger partial charge in [0.15, 0.2) is 0 Å². The van der Waals surface area contributed by atoms with Crippen molar-refractivity contribution in [3.63, 3.8) is 0 Å². The first-order valence-corrected chi connectivity index (χ1v) is 16.1. The number of hydrogen-bond donors (Lipinski definition) is 1. The standard InChI is InChI=1S/C31H33ClF3N3O4S/c1-43(41,42)38(27-16-8-12-24(19-27)31(33,34)35)21-29(39)37(20-23-11-7-13-25(32)17-23)28(18-22-9-3-2-4-10-22)30(40)36-26-14-5-6-15-26/h2-4,7-13,16-17,19,26,28H,5-6,14-15,18,20-21H2,1H3,(H,36,40)/t28-/m1/s1. The van der Waals surface area contributed by atoms with Crippen LogP contribution in [0.3, 0.4) is 0 Å². The monoisotopic (exact) mass is 635 g/mol. The van der Waals surface area contributed by atoms with Crippen molar-refractivity contribution in [1.82, 2.24) is 10.2 Å². The number of hydrogen-bond acceptors (Lipinski definition) is 4. The maximum absolute atomic E-state index is 14.1. The van der Waals surface area contributed by atoms with E-state index < -0.39 is 46.2 Å². The molecule has 4 rings (SSSR count). The Hall–Kier alpha value is -3.57. The van der Waals surface area contributed by atoms with E-state index >= 15 is 0 Å². The smallest absolute Gasteiger partial charge is 0.352 e.